The third-order valence-corrected chi connectivity index (χ3v) is 7.68. The summed E-state index contributed by atoms with van der Waals surface area (Å²) in [7, 11) is 0. The number of rotatable bonds is 2. The van der Waals surface area contributed by atoms with E-state index in [-0.39, 0.29) is 21.1 Å². The van der Waals surface area contributed by atoms with Crippen LogP contribution in [-0.2, 0) is 31.9 Å². The van der Waals surface area contributed by atoms with Crippen molar-refractivity contribution in [1.82, 2.24) is 29.1 Å². The minimum atomic E-state index is -0.462. The van der Waals surface area contributed by atoms with Crippen LogP contribution < -0.4 is 9.97 Å². The molecular weight excluding hydrogens is 663 g/mol. The van der Waals surface area contributed by atoms with Gasteiger partial charge in [-0.15, -0.1) is 22.8 Å². The maximum atomic E-state index is 5.17. The number of benzene rings is 2. The Morgan fingerprint density at radius 2 is 0.923 bits per heavy atom. The summed E-state index contributed by atoms with van der Waals surface area (Å²) in [4.78, 5) is 20.6. The predicted octanol–water partition coefficient (Wildman–Crippen LogP) is 6.27. The zero-order valence-corrected chi connectivity index (χ0v) is 24.5. The van der Waals surface area contributed by atoms with Gasteiger partial charge in [0.1, 0.15) is 11.6 Å². The molecular formula is C32H28N6Pt. The Hall–Kier alpha value is -3.89. The van der Waals surface area contributed by atoms with E-state index in [4.69, 9.17) is 19.9 Å². The number of fused-ring (bicyclic) bond motifs is 10. The average Bonchev–Trinajstić information content (AvgIpc) is 3.73. The van der Waals surface area contributed by atoms with Gasteiger partial charge >= 0.3 is 21.1 Å². The maximum absolute atomic E-state index is 5.17. The molecule has 0 atom stereocenters. The van der Waals surface area contributed by atoms with Gasteiger partial charge in [-0.1, -0.05) is 88.4 Å². The van der Waals surface area contributed by atoms with E-state index in [1.165, 1.54) is 0 Å². The summed E-state index contributed by atoms with van der Waals surface area (Å²) in [6.07, 6.45) is 4.19. The molecule has 7 rings (SSSR count). The van der Waals surface area contributed by atoms with Gasteiger partial charge in [0.15, 0.2) is 0 Å². The first-order valence-corrected chi connectivity index (χ1v) is 12.9. The van der Waals surface area contributed by atoms with E-state index in [1.807, 2.05) is 12.1 Å². The fourth-order valence-electron chi connectivity index (χ4n) is 5.39. The van der Waals surface area contributed by atoms with Crippen molar-refractivity contribution < 1.29 is 21.1 Å². The fraction of sp³-hybridized carbons (Fsp3) is 0.188. The van der Waals surface area contributed by atoms with E-state index in [0.29, 0.717) is 0 Å². The van der Waals surface area contributed by atoms with Crippen LogP contribution in [-0.4, -0.2) is 19.1 Å². The molecule has 1 aliphatic rings. The van der Waals surface area contributed by atoms with Crippen molar-refractivity contribution in [2.45, 2.75) is 38.5 Å². The Morgan fingerprint density at radius 1 is 0.538 bits per heavy atom. The van der Waals surface area contributed by atoms with E-state index in [1.54, 1.807) is 0 Å². The molecule has 0 saturated heterocycles. The number of imidazole rings is 2. The first-order valence-electron chi connectivity index (χ1n) is 12.9. The van der Waals surface area contributed by atoms with E-state index in [0.717, 1.165) is 57.2 Å². The van der Waals surface area contributed by atoms with Gasteiger partial charge in [-0.3, -0.25) is 0 Å². The molecule has 1 aliphatic heterocycles. The van der Waals surface area contributed by atoms with Crippen LogP contribution in [0.25, 0.3) is 34.2 Å². The molecule has 0 spiro atoms. The Balaban J connectivity index is 0.00000277. The first kappa shape index (κ1) is 25.4. The van der Waals surface area contributed by atoms with Gasteiger partial charge in [0.05, 0.1) is 11.4 Å². The number of hydrogen-bond donors (Lipinski definition) is 0. The molecule has 6 nitrogen and oxygen atoms in total. The van der Waals surface area contributed by atoms with Gasteiger partial charge in [-0.05, 0) is 24.3 Å². The van der Waals surface area contributed by atoms with Gasteiger partial charge < -0.3 is 19.1 Å². The van der Waals surface area contributed by atoms with Crippen LogP contribution in [0.2, 0.25) is 0 Å². The van der Waals surface area contributed by atoms with Crippen molar-refractivity contribution in [3.63, 3.8) is 0 Å². The molecule has 7 heteroatoms. The fourth-order valence-corrected chi connectivity index (χ4v) is 5.39. The molecule has 0 amide bonds. The summed E-state index contributed by atoms with van der Waals surface area (Å²) in [6, 6.07) is 29.0. The third kappa shape index (κ3) is 3.97. The molecule has 2 aromatic carbocycles. The summed E-state index contributed by atoms with van der Waals surface area (Å²) in [6.45, 7) is 8.71. The van der Waals surface area contributed by atoms with Crippen LogP contribution in [0.1, 0.15) is 50.7 Å². The zero-order chi connectivity index (χ0) is 26.1. The second kappa shape index (κ2) is 9.10. The Labute approximate surface area is 242 Å². The smallest absolute Gasteiger partial charge is 0.659 e. The number of nitrogens with zero attached hydrogens (tertiary/aromatic N) is 6. The minimum absolute atomic E-state index is 0. The van der Waals surface area contributed by atoms with Crippen molar-refractivity contribution in [3.05, 3.63) is 120 Å². The normalized spacial score (nSPS) is 14.9. The molecule has 0 N–H and O–H groups in total. The summed E-state index contributed by atoms with van der Waals surface area (Å²) in [5.74, 6) is 1.83. The Morgan fingerprint density at radius 3 is 1.31 bits per heavy atom. The van der Waals surface area contributed by atoms with Crippen LogP contribution in [0.4, 0.5) is 0 Å². The molecule has 0 aliphatic carbocycles. The van der Waals surface area contributed by atoms with Gasteiger partial charge in [0, 0.05) is 34.6 Å². The first-order chi connectivity index (χ1) is 18.3. The minimum Gasteiger partial charge on any atom is -0.659 e. The van der Waals surface area contributed by atoms with Crippen LogP contribution in [0, 0.1) is 0 Å². The zero-order valence-electron chi connectivity index (χ0n) is 22.2. The van der Waals surface area contributed by atoms with Gasteiger partial charge in [0.2, 0.25) is 0 Å². The molecule has 8 bridgehead atoms. The quantitative estimate of drug-likeness (QED) is 0.215. The summed E-state index contributed by atoms with van der Waals surface area (Å²) >= 11 is 0. The average molecular weight is 692 g/mol. The molecule has 0 fully saturated rings. The Kier molecular flexibility index (Phi) is 5.92. The Bertz CT molecular complexity index is 1630. The second-order valence-electron chi connectivity index (χ2n) is 11.0. The molecule has 0 saturated carbocycles. The van der Waals surface area contributed by atoms with E-state index < -0.39 is 10.8 Å². The van der Waals surface area contributed by atoms with Crippen molar-refractivity contribution in [1.29, 1.82) is 0 Å². The van der Waals surface area contributed by atoms with E-state index >= 15 is 0 Å². The molecule has 0 radical (unpaired) electrons. The van der Waals surface area contributed by atoms with Gasteiger partial charge in [-0.2, -0.15) is 0 Å². The summed E-state index contributed by atoms with van der Waals surface area (Å²) in [5, 5.41) is 0. The molecule has 0 unspecified atom stereocenters. The van der Waals surface area contributed by atoms with Gasteiger partial charge in [-0.25, -0.2) is 9.97 Å². The predicted molar refractivity (Wildman–Crippen MR) is 149 cm³/mol. The molecule has 196 valence electrons. The van der Waals surface area contributed by atoms with E-state index in [9.17, 15) is 0 Å². The van der Waals surface area contributed by atoms with Crippen LogP contribution in [0.3, 0.4) is 0 Å². The number of hydrogen-bond acceptors (Lipinski definition) is 2. The van der Waals surface area contributed by atoms with Crippen LogP contribution in [0.15, 0.2) is 97.3 Å². The van der Waals surface area contributed by atoms with Gasteiger partial charge in [0.25, 0.3) is 0 Å². The second-order valence-corrected chi connectivity index (χ2v) is 11.0. The largest absolute Gasteiger partial charge is 2.00 e. The van der Waals surface area contributed by atoms with Crippen molar-refractivity contribution in [2.75, 3.05) is 0 Å². The van der Waals surface area contributed by atoms with Crippen molar-refractivity contribution >= 4 is 0 Å². The molecule has 5 heterocycles. The molecule has 6 aromatic rings. The van der Waals surface area contributed by atoms with Crippen LogP contribution >= 0.6 is 0 Å². The van der Waals surface area contributed by atoms with E-state index in [2.05, 4.69) is 122 Å². The SMILES string of the molecule is CC1(C)c2ccc([n-]2)-c2cn(-c3ccccc3)c(n2)C(C)(C)c2ccc([n-]2)-c2cn(-c3ccccc3)c1n2.[Pt+2]. The standard InChI is InChI=1S/C32H28N6.Pt/c1-31(2)27-17-15-23(33-27)26-20-38(22-13-9-6-10-14-22)30(36-26)32(3,4)28-18-16-24(34-28)25-19-37(29(31)35-25)21-11-7-5-8-12-21;/h5-20H,1-4H3;/q-2;+2. The van der Waals surface area contributed by atoms with Crippen molar-refractivity contribution in [3.8, 4) is 34.2 Å². The summed E-state index contributed by atoms with van der Waals surface area (Å²) in [5.41, 5.74) is 6.48. The maximum Gasteiger partial charge on any atom is 2.00 e. The molecule has 39 heavy (non-hydrogen) atoms. The number of aromatic nitrogens is 6. The molecule has 4 aromatic heterocycles. The topological polar surface area (TPSA) is 63.8 Å². The monoisotopic (exact) mass is 691 g/mol. The third-order valence-electron chi connectivity index (χ3n) is 7.68. The number of para-hydroxylation sites is 2. The van der Waals surface area contributed by atoms with Crippen molar-refractivity contribution in [2.24, 2.45) is 0 Å². The van der Waals surface area contributed by atoms with Crippen LogP contribution in [0.5, 0.6) is 0 Å². The summed E-state index contributed by atoms with van der Waals surface area (Å²) < 4.78 is 4.34.